The van der Waals surface area contributed by atoms with E-state index in [-0.39, 0.29) is 11.0 Å². The van der Waals surface area contributed by atoms with E-state index < -0.39 is 0 Å². The number of nitrogens with one attached hydrogen (secondary N) is 3. The number of carbonyl (C=O) groups excluding carboxylic acids is 1. The first kappa shape index (κ1) is 20.8. The Kier molecular flexibility index (Phi) is 7.21. The van der Waals surface area contributed by atoms with Crippen LogP contribution in [0.5, 0.6) is 5.75 Å². The van der Waals surface area contributed by atoms with Crippen molar-refractivity contribution in [2.75, 3.05) is 17.2 Å². The molecule has 0 heterocycles. The van der Waals surface area contributed by atoms with Gasteiger partial charge < -0.3 is 15.4 Å². The van der Waals surface area contributed by atoms with Crippen molar-refractivity contribution in [3.63, 3.8) is 0 Å². The van der Waals surface area contributed by atoms with Crippen molar-refractivity contribution in [2.45, 2.75) is 6.92 Å². The molecular weight excluding hydrogens is 450 g/mol. The number of amides is 1. The second kappa shape index (κ2) is 10.0. The summed E-state index contributed by atoms with van der Waals surface area (Å²) >= 11 is 8.66. The maximum atomic E-state index is 12.6. The summed E-state index contributed by atoms with van der Waals surface area (Å²) in [4.78, 5) is 12.6. The van der Waals surface area contributed by atoms with Crippen LogP contribution >= 0.6 is 28.1 Å². The molecule has 0 saturated heterocycles. The largest absolute Gasteiger partial charge is 0.493 e. The molecule has 148 valence electrons. The van der Waals surface area contributed by atoms with Crippen LogP contribution in [0.3, 0.4) is 0 Å². The van der Waals surface area contributed by atoms with Crippen molar-refractivity contribution in [1.29, 1.82) is 0 Å². The summed E-state index contributed by atoms with van der Waals surface area (Å²) in [5, 5.41) is 9.23. The summed E-state index contributed by atoms with van der Waals surface area (Å²) in [7, 11) is 0. The number of para-hydroxylation sites is 1. The van der Waals surface area contributed by atoms with Gasteiger partial charge in [0.2, 0.25) is 0 Å². The number of ether oxygens (including phenoxy) is 1. The van der Waals surface area contributed by atoms with Crippen LogP contribution in [-0.2, 0) is 0 Å². The van der Waals surface area contributed by atoms with E-state index >= 15 is 0 Å². The molecule has 3 N–H and O–H groups in total. The van der Waals surface area contributed by atoms with E-state index in [2.05, 4.69) is 31.9 Å². The third-order valence-corrected chi connectivity index (χ3v) is 4.62. The lowest BCUT2D eigenvalue weighted by atomic mass is 10.2. The average Bonchev–Trinajstić information content (AvgIpc) is 2.71. The van der Waals surface area contributed by atoms with Crippen molar-refractivity contribution in [3.8, 4) is 5.75 Å². The van der Waals surface area contributed by atoms with E-state index in [4.69, 9.17) is 17.0 Å². The Bertz CT molecular complexity index is 995. The Morgan fingerprint density at radius 3 is 2.31 bits per heavy atom. The van der Waals surface area contributed by atoms with Crippen molar-refractivity contribution in [3.05, 3.63) is 82.8 Å². The van der Waals surface area contributed by atoms with Crippen LogP contribution in [0.15, 0.2) is 77.3 Å². The van der Waals surface area contributed by atoms with Gasteiger partial charge in [-0.15, -0.1) is 0 Å². The minimum absolute atomic E-state index is 0.209. The van der Waals surface area contributed by atoms with Crippen LogP contribution in [0, 0.1) is 0 Å². The Labute approximate surface area is 183 Å². The summed E-state index contributed by atoms with van der Waals surface area (Å²) in [6.45, 7) is 2.33. The van der Waals surface area contributed by atoms with Gasteiger partial charge in [-0.2, -0.15) is 0 Å². The highest BCUT2D eigenvalue weighted by Crippen LogP contribution is 2.23. The van der Waals surface area contributed by atoms with Crippen molar-refractivity contribution >= 4 is 56.2 Å². The molecule has 0 unspecified atom stereocenters. The highest BCUT2D eigenvalue weighted by molar-refractivity contribution is 9.10. The number of anilines is 3. The fourth-order valence-corrected chi connectivity index (χ4v) is 3.19. The zero-order valence-electron chi connectivity index (χ0n) is 15.7. The molecule has 0 atom stereocenters. The molecule has 0 aromatic heterocycles. The van der Waals surface area contributed by atoms with Gasteiger partial charge in [-0.3, -0.25) is 10.1 Å². The molecule has 0 spiro atoms. The number of halogens is 1. The van der Waals surface area contributed by atoms with E-state index in [9.17, 15) is 4.79 Å². The molecule has 0 aliphatic carbocycles. The van der Waals surface area contributed by atoms with Crippen molar-refractivity contribution in [1.82, 2.24) is 5.32 Å². The smallest absolute Gasteiger partial charge is 0.261 e. The summed E-state index contributed by atoms with van der Waals surface area (Å²) in [6.07, 6.45) is 0. The Balaban J connectivity index is 1.60. The lowest BCUT2D eigenvalue weighted by Gasteiger charge is -2.13. The van der Waals surface area contributed by atoms with Gasteiger partial charge in [-0.25, -0.2) is 0 Å². The fourth-order valence-electron chi connectivity index (χ4n) is 2.62. The number of benzene rings is 3. The zero-order valence-corrected chi connectivity index (χ0v) is 18.1. The van der Waals surface area contributed by atoms with E-state index in [1.807, 2.05) is 67.6 Å². The normalized spacial score (nSPS) is 10.1. The maximum Gasteiger partial charge on any atom is 0.261 e. The van der Waals surface area contributed by atoms with Gasteiger partial charge >= 0.3 is 0 Å². The first-order valence-electron chi connectivity index (χ1n) is 9.02. The predicted octanol–water partition coefficient (Wildman–Crippen LogP) is 5.72. The first-order valence-corrected chi connectivity index (χ1v) is 10.2. The first-order chi connectivity index (χ1) is 14.0. The third kappa shape index (κ3) is 6.04. The third-order valence-electron chi connectivity index (χ3n) is 3.92. The fraction of sp³-hybridized carbons (Fsp3) is 0.0909. The highest BCUT2D eigenvalue weighted by Gasteiger charge is 2.14. The number of hydrogen-bond acceptors (Lipinski definition) is 4. The van der Waals surface area contributed by atoms with Crippen LogP contribution in [0.25, 0.3) is 0 Å². The van der Waals surface area contributed by atoms with Gasteiger partial charge in [-0.05, 0) is 73.7 Å². The standard InChI is InChI=1S/C22H20BrN3O2S/c1-2-28-20-13-8-15(23)14-19(20)21(27)26-22(29)25-18-11-9-17(10-12-18)24-16-6-4-3-5-7-16/h3-14,24H,2H2,1H3,(H2,25,26,27,29). The van der Waals surface area contributed by atoms with Crippen molar-refractivity contribution in [2.24, 2.45) is 0 Å². The molecule has 0 saturated carbocycles. The van der Waals surface area contributed by atoms with Gasteiger partial charge in [0.15, 0.2) is 5.11 Å². The molecule has 29 heavy (non-hydrogen) atoms. The molecule has 0 fully saturated rings. The zero-order chi connectivity index (χ0) is 20.6. The molecule has 0 aliphatic rings. The molecule has 1 amide bonds. The van der Waals surface area contributed by atoms with Gasteiger partial charge in [0.05, 0.1) is 12.2 Å². The minimum atomic E-state index is -0.338. The lowest BCUT2D eigenvalue weighted by Crippen LogP contribution is -2.34. The molecule has 3 rings (SSSR count). The topological polar surface area (TPSA) is 62.4 Å². The number of thiocarbonyl (C=S) groups is 1. The molecule has 0 radical (unpaired) electrons. The maximum absolute atomic E-state index is 12.6. The van der Waals surface area contributed by atoms with Gasteiger partial charge in [-0.1, -0.05) is 34.1 Å². The van der Waals surface area contributed by atoms with Crippen LogP contribution < -0.4 is 20.7 Å². The second-order valence-corrected chi connectivity index (χ2v) is 7.37. The summed E-state index contributed by atoms with van der Waals surface area (Å²) in [5.74, 6) is 0.168. The quantitative estimate of drug-likeness (QED) is 0.403. The van der Waals surface area contributed by atoms with E-state index in [0.717, 1.165) is 21.5 Å². The molecule has 3 aromatic carbocycles. The Morgan fingerprint density at radius 1 is 0.966 bits per heavy atom. The lowest BCUT2D eigenvalue weighted by molar-refractivity contribution is 0.0974. The summed E-state index contributed by atoms with van der Waals surface area (Å²) < 4.78 is 6.31. The number of hydrogen-bond donors (Lipinski definition) is 3. The molecule has 5 nitrogen and oxygen atoms in total. The molecule has 0 aliphatic heterocycles. The minimum Gasteiger partial charge on any atom is -0.493 e. The summed E-state index contributed by atoms with van der Waals surface area (Å²) in [5.41, 5.74) is 3.14. The molecular formula is C22H20BrN3O2S. The Hall–Kier alpha value is -2.90. The second-order valence-electron chi connectivity index (χ2n) is 6.05. The van der Waals surface area contributed by atoms with Crippen molar-refractivity contribution < 1.29 is 9.53 Å². The van der Waals surface area contributed by atoms with Crippen LogP contribution in [0.2, 0.25) is 0 Å². The molecule has 0 bridgehead atoms. The Morgan fingerprint density at radius 2 is 1.62 bits per heavy atom. The van der Waals surface area contributed by atoms with Crippen LogP contribution in [0.4, 0.5) is 17.1 Å². The van der Waals surface area contributed by atoms with E-state index in [1.165, 1.54) is 0 Å². The van der Waals surface area contributed by atoms with Gasteiger partial charge in [0.25, 0.3) is 5.91 Å². The van der Waals surface area contributed by atoms with Crippen LogP contribution in [0.1, 0.15) is 17.3 Å². The van der Waals surface area contributed by atoms with Gasteiger partial charge in [0, 0.05) is 21.5 Å². The monoisotopic (exact) mass is 469 g/mol. The number of carbonyl (C=O) groups is 1. The number of rotatable bonds is 6. The van der Waals surface area contributed by atoms with E-state index in [1.54, 1.807) is 12.1 Å². The SMILES string of the molecule is CCOc1ccc(Br)cc1C(=O)NC(=S)Nc1ccc(Nc2ccccc2)cc1. The molecule has 3 aromatic rings. The average molecular weight is 470 g/mol. The highest BCUT2D eigenvalue weighted by atomic mass is 79.9. The summed E-state index contributed by atoms with van der Waals surface area (Å²) in [6, 6.07) is 22.8. The predicted molar refractivity (Wildman–Crippen MR) is 125 cm³/mol. The van der Waals surface area contributed by atoms with Crippen LogP contribution in [-0.4, -0.2) is 17.6 Å². The molecule has 7 heteroatoms. The van der Waals surface area contributed by atoms with Gasteiger partial charge in [0.1, 0.15) is 5.75 Å². The van der Waals surface area contributed by atoms with E-state index in [0.29, 0.717) is 17.9 Å².